The van der Waals surface area contributed by atoms with Gasteiger partial charge in [0.05, 0.1) is 23.6 Å². The minimum atomic E-state index is -0.511. The second-order valence-corrected chi connectivity index (χ2v) is 13.0. The van der Waals surface area contributed by atoms with E-state index in [4.69, 9.17) is 21.1 Å². The first kappa shape index (κ1) is 37.5. The number of esters is 1. The monoisotopic (exact) mass is 730 g/mol. The Labute approximate surface area is 341 Å². The Bertz CT molecular complexity index is 2140. The summed E-state index contributed by atoms with van der Waals surface area (Å²) in [5, 5.41) is 25.9. The smallest absolute Gasteiger partial charge is 0.492 e. The van der Waals surface area contributed by atoms with Crippen molar-refractivity contribution in [3.63, 3.8) is 0 Å². The minimum absolute atomic E-state index is 0. The molecule has 0 aliphatic rings. The summed E-state index contributed by atoms with van der Waals surface area (Å²) in [6, 6.07) is 23.5. The van der Waals surface area contributed by atoms with Crippen molar-refractivity contribution in [3.8, 4) is 44.9 Å². The van der Waals surface area contributed by atoms with Gasteiger partial charge in [-0.25, -0.2) is 14.8 Å². The molecule has 0 saturated heterocycles. The Balaban J connectivity index is 0.00000486. The molecular weight excluding hydrogens is 699 g/mol. The number of hydrogen-bond acceptors (Lipinski definition) is 10. The van der Waals surface area contributed by atoms with E-state index in [2.05, 4.69) is 36.7 Å². The van der Waals surface area contributed by atoms with Gasteiger partial charge in [0.15, 0.2) is 5.15 Å². The zero-order valence-corrected chi connectivity index (χ0v) is 33.0. The van der Waals surface area contributed by atoms with Gasteiger partial charge in [-0.3, -0.25) is 10.3 Å². The maximum absolute atomic E-state index is 13.3. The van der Waals surface area contributed by atoms with E-state index in [9.17, 15) is 10.1 Å². The number of nitrogens with zero attached hydrogens (tertiary/aromatic N) is 8. The maximum atomic E-state index is 13.3. The van der Waals surface area contributed by atoms with Gasteiger partial charge in [-0.2, -0.15) is 10.5 Å². The van der Waals surface area contributed by atoms with Crippen LogP contribution in [0.2, 0.25) is 5.15 Å². The molecule has 0 bridgehead atoms. The first-order valence-electron chi connectivity index (χ1n) is 15.7. The van der Waals surface area contributed by atoms with E-state index in [1.165, 1.54) is 11.3 Å². The Hall–Kier alpha value is -3.74. The number of thiazole rings is 1. The van der Waals surface area contributed by atoms with E-state index in [0.29, 0.717) is 63.9 Å². The number of halogens is 1. The van der Waals surface area contributed by atoms with Crippen molar-refractivity contribution in [2.24, 2.45) is 5.92 Å². The van der Waals surface area contributed by atoms with Crippen molar-refractivity contribution < 1.29 is 65.7 Å². The van der Waals surface area contributed by atoms with E-state index in [1.54, 1.807) is 19.1 Å². The predicted octanol–water partition coefficient (Wildman–Crippen LogP) is 4.32. The van der Waals surface area contributed by atoms with Gasteiger partial charge in [0.1, 0.15) is 34.1 Å². The van der Waals surface area contributed by atoms with Gasteiger partial charge >= 0.3 is 57.4 Å². The van der Waals surface area contributed by atoms with Gasteiger partial charge < -0.3 is 19.1 Å². The second kappa shape index (κ2) is 17.0. The van der Waals surface area contributed by atoms with Crippen molar-refractivity contribution in [1.29, 1.82) is 5.26 Å². The molecule has 0 radical (unpaired) electrons. The number of benzene rings is 3. The average molecular weight is 731 g/mol. The molecule has 11 nitrogen and oxygen atoms in total. The van der Waals surface area contributed by atoms with E-state index >= 15 is 0 Å². The number of aryl methyl sites for hydroxylation is 2. The summed E-state index contributed by atoms with van der Waals surface area (Å²) in [7, 11) is 0. The van der Waals surface area contributed by atoms with Crippen LogP contribution >= 0.6 is 22.9 Å². The number of nitriles is 1. The molecule has 0 fully saturated rings. The van der Waals surface area contributed by atoms with E-state index in [1.807, 2.05) is 79.9 Å². The van der Waals surface area contributed by atoms with E-state index in [0.717, 1.165) is 33.6 Å². The van der Waals surface area contributed by atoms with Crippen LogP contribution in [0.4, 0.5) is 0 Å². The molecule has 248 valence electrons. The molecule has 0 aliphatic heterocycles. The van der Waals surface area contributed by atoms with Crippen molar-refractivity contribution >= 4 is 28.9 Å². The number of carbonyl (C=O) groups is 1. The third-order valence-electron chi connectivity index (χ3n) is 7.75. The maximum Gasteiger partial charge on any atom is 1.00 e. The summed E-state index contributed by atoms with van der Waals surface area (Å²) < 4.78 is 13.6. The number of ether oxygens (including phenoxy) is 2. The normalized spacial score (nSPS) is 10.9. The zero-order valence-electron chi connectivity index (χ0n) is 28.3. The summed E-state index contributed by atoms with van der Waals surface area (Å²) in [5.74, 6) is 1.59. The molecule has 14 heteroatoms. The van der Waals surface area contributed by atoms with Crippen LogP contribution in [0.25, 0.3) is 33.1 Å². The molecule has 3 heterocycles. The summed E-state index contributed by atoms with van der Waals surface area (Å²) in [6.07, 6.45) is 0.643. The molecule has 0 atom stereocenters. The number of carbonyl (C=O) groups excluding carboxylic acids is 1. The molecule has 0 amide bonds. The molecular formula is C36H32ClKN8O3S. The average Bonchev–Trinajstić information content (AvgIpc) is 3.86. The van der Waals surface area contributed by atoms with Crippen molar-refractivity contribution in [2.75, 3.05) is 6.61 Å². The van der Waals surface area contributed by atoms with Gasteiger partial charge in [-0.05, 0) is 53.3 Å². The SMILES string of the molecule is CCc1nc(Cl)c(COC(=O)c2sc(-c3ccc(OCC(C)C)c(C#N)c3)nc2C)n1Cc1ccc(-c2ccccc2-c2nnn[n-]2)cc1.[K+]. The molecule has 3 aromatic carbocycles. The fraction of sp³-hybridized carbons (Fsp3) is 0.250. The molecule has 6 rings (SSSR count). The Morgan fingerprint density at radius 1 is 1.06 bits per heavy atom. The number of aromatic nitrogens is 7. The third-order valence-corrected chi connectivity index (χ3v) is 9.24. The Kier molecular flexibility index (Phi) is 12.7. The molecule has 0 N–H and O–H groups in total. The first-order chi connectivity index (χ1) is 23.7. The second-order valence-electron chi connectivity index (χ2n) is 11.7. The van der Waals surface area contributed by atoms with Gasteiger partial charge in [0, 0.05) is 24.4 Å². The summed E-state index contributed by atoms with van der Waals surface area (Å²) >= 11 is 7.81. The van der Waals surface area contributed by atoms with Gasteiger partial charge in [0.25, 0.3) is 0 Å². The van der Waals surface area contributed by atoms with Crippen LogP contribution in [0.3, 0.4) is 0 Å². The van der Waals surface area contributed by atoms with Crippen LogP contribution in [0.15, 0.2) is 66.7 Å². The molecule has 50 heavy (non-hydrogen) atoms. The number of imidazole rings is 1. The summed E-state index contributed by atoms with van der Waals surface area (Å²) in [5.41, 5.74) is 6.10. The summed E-state index contributed by atoms with van der Waals surface area (Å²) in [4.78, 5) is 22.9. The van der Waals surface area contributed by atoms with E-state index in [-0.39, 0.29) is 63.1 Å². The van der Waals surface area contributed by atoms with Crippen LogP contribution < -0.4 is 61.2 Å². The molecule has 3 aromatic heterocycles. The van der Waals surface area contributed by atoms with Crippen LogP contribution in [-0.2, 0) is 24.3 Å². The van der Waals surface area contributed by atoms with Crippen LogP contribution in [0.5, 0.6) is 5.75 Å². The van der Waals surface area contributed by atoms with Crippen LogP contribution in [-0.4, -0.2) is 42.6 Å². The molecule has 0 spiro atoms. The van der Waals surface area contributed by atoms with Gasteiger partial charge in [-0.1, -0.05) is 80.9 Å². The molecule has 6 aromatic rings. The number of tetrazole rings is 1. The van der Waals surface area contributed by atoms with Gasteiger partial charge in [-0.15, -0.1) is 11.3 Å². The quantitative estimate of drug-likeness (QED) is 0.132. The molecule has 0 saturated carbocycles. The summed E-state index contributed by atoms with van der Waals surface area (Å²) in [6.45, 7) is 8.78. The topological polar surface area (TPSA) is 143 Å². The molecule has 0 unspecified atom stereocenters. The Morgan fingerprint density at radius 2 is 1.80 bits per heavy atom. The van der Waals surface area contributed by atoms with E-state index < -0.39 is 5.97 Å². The predicted molar refractivity (Wildman–Crippen MR) is 186 cm³/mol. The largest absolute Gasteiger partial charge is 1.00 e. The van der Waals surface area contributed by atoms with Gasteiger partial charge in [0.2, 0.25) is 0 Å². The molecule has 0 aliphatic carbocycles. The minimum Gasteiger partial charge on any atom is -0.492 e. The first-order valence-corrected chi connectivity index (χ1v) is 16.9. The van der Waals surface area contributed by atoms with Crippen molar-refractivity contribution in [1.82, 2.24) is 35.2 Å². The fourth-order valence-electron chi connectivity index (χ4n) is 5.30. The number of rotatable bonds is 12. The fourth-order valence-corrected chi connectivity index (χ4v) is 6.51. The van der Waals surface area contributed by atoms with Crippen LogP contribution in [0.1, 0.15) is 58.8 Å². The van der Waals surface area contributed by atoms with Crippen molar-refractivity contribution in [2.45, 2.75) is 47.3 Å². The van der Waals surface area contributed by atoms with Crippen molar-refractivity contribution in [3.05, 3.63) is 105 Å². The zero-order chi connectivity index (χ0) is 34.5. The standard InChI is InChI=1S/C36H32ClN8O3S.K/c1-5-31-40-33(37)29(45(31)18-23-10-12-24(13-11-23)27-8-6-7-9-28(27)34-41-43-44-42-34)20-48-36(46)32-22(4)39-35(49-32)25-14-15-30(26(16-25)17-38)47-19-21(2)3;/h6-16,21H,5,18-20H2,1-4H3;/q-1;+1. The number of hydrogen-bond donors (Lipinski definition) is 0. The van der Waals surface area contributed by atoms with Crippen LogP contribution in [0, 0.1) is 24.2 Å². The Morgan fingerprint density at radius 3 is 2.48 bits per heavy atom. The third kappa shape index (κ3) is 8.41.